The number of nitrogens with zero attached hydrogens (tertiary/aromatic N) is 2. The Morgan fingerprint density at radius 2 is 1.59 bits per heavy atom. The number of carbonyl (C=O) groups excluding carboxylic acids is 2. The van der Waals surface area contributed by atoms with E-state index in [1.54, 1.807) is 50.1 Å². The van der Waals surface area contributed by atoms with Crippen molar-refractivity contribution in [1.29, 1.82) is 0 Å². The smallest absolute Gasteiger partial charge is 0.419 e. The predicted molar refractivity (Wildman–Crippen MR) is 203 cm³/mol. The van der Waals surface area contributed by atoms with Gasteiger partial charge in [0.05, 0.1) is 11.6 Å². The summed E-state index contributed by atoms with van der Waals surface area (Å²) in [6.45, 7) is 10.4. The van der Waals surface area contributed by atoms with Crippen LogP contribution in [0.15, 0.2) is 91.1 Å². The standard InChI is InChI=1S/C42H49F3N4O5/c1-28(2)23-35(48-39(50)54-41(3,4)5)27-52-37-16-13-32(24-36(37)42(43,44)45)33-17-20-46-38(25-33)47-34-14-11-30(12-15-34)31-18-21-49(22-19-31)40(51)53-26-29-9-7-6-8-10-29/h6-17,20,24-25,28,31,35H,18-19,21-23,26-27H2,1-5H3,(H,46,47)(H,48,50)/t35-/m0/s1. The van der Waals surface area contributed by atoms with Crippen molar-refractivity contribution in [2.75, 3.05) is 25.0 Å². The Kier molecular flexibility index (Phi) is 13.1. The lowest BCUT2D eigenvalue weighted by atomic mass is 9.89. The van der Waals surface area contributed by atoms with E-state index in [0.29, 0.717) is 42.4 Å². The first-order valence-electron chi connectivity index (χ1n) is 18.3. The molecule has 12 heteroatoms. The molecule has 54 heavy (non-hydrogen) atoms. The van der Waals surface area contributed by atoms with Gasteiger partial charge in [0.25, 0.3) is 0 Å². The van der Waals surface area contributed by atoms with Gasteiger partial charge in [0.1, 0.15) is 30.4 Å². The summed E-state index contributed by atoms with van der Waals surface area (Å²) in [6.07, 6.45) is -1.97. The van der Waals surface area contributed by atoms with E-state index < -0.39 is 29.5 Å². The first-order chi connectivity index (χ1) is 25.6. The molecule has 5 rings (SSSR count). The summed E-state index contributed by atoms with van der Waals surface area (Å²) < 4.78 is 59.5. The van der Waals surface area contributed by atoms with E-state index in [4.69, 9.17) is 14.2 Å². The molecule has 1 fully saturated rings. The maximum Gasteiger partial charge on any atom is 0.419 e. The van der Waals surface area contributed by atoms with E-state index in [1.807, 2.05) is 68.4 Å². The SMILES string of the molecule is CC(C)C[C@@H](COc1ccc(-c2ccnc(Nc3ccc(C4CCN(C(=O)OCc5ccccc5)CC4)cc3)c2)cc1C(F)(F)F)NC(=O)OC(C)(C)C. The summed E-state index contributed by atoms with van der Waals surface area (Å²) in [5.74, 6) is 0.600. The van der Waals surface area contributed by atoms with E-state index in [-0.39, 0.29) is 31.0 Å². The molecule has 2 heterocycles. The summed E-state index contributed by atoms with van der Waals surface area (Å²) in [5, 5.41) is 5.99. The largest absolute Gasteiger partial charge is 0.491 e. The van der Waals surface area contributed by atoms with Crippen LogP contribution in [-0.4, -0.2) is 53.4 Å². The van der Waals surface area contributed by atoms with Gasteiger partial charge in [-0.15, -0.1) is 0 Å². The average Bonchev–Trinajstić information content (AvgIpc) is 3.12. The average molecular weight is 747 g/mol. The first-order valence-corrected chi connectivity index (χ1v) is 18.3. The molecule has 0 saturated carbocycles. The Labute approximate surface area is 315 Å². The fourth-order valence-electron chi connectivity index (χ4n) is 6.33. The van der Waals surface area contributed by atoms with Crippen molar-refractivity contribution >= 4 is 23.7 Å². The maximum atomic E-state index is 14.3. The number of pyridine rings is 1. The summed E-state index contributed by atoms with van der Waals surface area (Å²) in [6, 6.07) is 24.3. The van der Waals surface area contributed by atoms with Gasteiger partial charge >= 0.3 is 18.4 Å². The second kappa shape index (κ2) is 17.7. The zero-order chi connectivity index (χ0) is 38.9. The fraction of sp³-hybridized carbons (Fsp3) is 0.405. The monoisotopic (exact) mass is 746 g/mol. The van der Waals surface area contributed by atoms with Gasteiger partial charge in [0, 0.05) is 25.0 Å². The number of alkyl carbamates (subject to hydrolysis) is 1. The van der Waals surface area contributed by atoms with Crippen molar-refractivity contribution in [2.45, 2.75) is 84.2 Å². The van der Waals surface area contributed by atoms with E-state index in [2.05, 4.69) is 15.6 Å². The third-order valence-electron chi connectivity index (χ3n) is 8.91. The quantitative estimate of drug-likeness (QED) is 0.149. The molecule has 3 aromatic carbocycles. The van der Waals surface area contributed by atoms with Crippen molar-refractivity contribution in [3.63, 3.8) is 0 Å². The zero-order valence-electron chi connectivity index (χ0n) is 31.4. The fourth-order valence-corrected chi connectivity index (χ4v) is 6.33. The maximum absolute atomic E-state index is 14.3. The third-order valence-corrected chi connectivity index (χ3v) is 8.91. The van der Waals surface area contributed by atoms with Crippen molar-refractivity contribution in [2.24, 2.45) is 5.92 Å². The molecule has 0 aliphatic carbocycles. The van der Waals surface area contributed by atoms with Crippen LogP contribution in [0.3, 0.4) is 0 Å². The molecule has 2 amide bonds. The second-order valence-corrected chi connectivity index (χ2v) is 15.0. The normalized spacial score (nSPS) is 14.4. The van der Waals surface area contributed by atoms with Gasteiger partial charge in [-0.05, 0) is 111 Å². The van der Waals surface area contributed by atoms with Gasteiger partial charge in [-0.2, -0.15) is 13.2 Å². The molecule has 1 atom stereocenters. The van der Waals surface area contributed by atoms with Crippen LogP contribution in [0.25, 0.3) is 11.1 Å². The van der Waals surface area contributed by atoms with Gasteiger partial charge in [0.2, 0.25) is 0 Å². The molecule has 9 nitrogen and oxygen atoms in total. The third kappa shape index (κ3) is 11.9. The Morgan fingerprint density at radius 1 is 0.907 bits per heavy atom. The number of amides is 2. The number of benzene rings is 3. The number of anilines is 2. The minimum atomic E-state index is -4.68. The Balaban J connectivity index is 1.19. The van der Waals surface area contributed by atoms with E-state index in [0.717, 1.165) is 35.7 Å². The van der Waals surface area contributed by atoms with E-state index >= 15 is 0 Å². The number of likely N-dealkylation sites (tertiary alicyclic amines) is 1. The Hall–Kier alpha value is -5.26. The molecular formula is C42H49F3N4O5. The number of ether oxygens (including phenoxy) is 3. The lowest BCUT2D eigenvalue weighted by Gasteiger charge is -2.31. The van der Waals surface area contributed by atoms with Crippen LogP contribution in [0.4, 0.5) is 34.3 Å². The lowest BCUT2D eigenvalue weighted by molar-refractivity contribution is -0.139. The number of piperidine rings is 1. The number of aromatic nitrogens is 1. The summed E-state index contributed by atoms with van der Waals surface area (Å²) >= 11 is 0. The molecule has 0 spiro atoms. The van der Waals surface area contributed by atoms with Crippen LogP contribution >= 0.6 is 0 Å². The molecule has 1 saturated heterocycles. The highest BCUT2D eigenvalue weighted by Gasteiger charge is 2.35. The molecule has 1 aliphatic rings. The molecule has 0 radical (unpaired) electrons. The van der Waals surface area contributed by atoms with Crippen molar-refractivity contribution in [1.82, 2.24) is 15.2 Å². The van der Waals surface area contributed by atoms with E-state index in [1.165, 1.54) is 6.07 Å². The Morgan fingerprint density at radius 3 is 2.24 bits per heavy atom. The number of hydrogen-bond donors (Lipinski definition) is 2. The molecule has 2 N–H and O–H groups in total. The van der Waals surface area contributed by atoms with Crippen molar-refractivity contribution in [3.05, 3.63) is 108 Å². The van der Waals surface area contributed by atoms with Crippen LogP contribution in [0.5, 0.6) is 5.75 Å². The van der Waals surface area contributed by atoms with Gasteiger partial charge in [-0.25, -0.2) is 14.6 Å². The molecule has 0 bridgehead atoms. The number of nitrogens with one attached hydrogen (secondary N) is 2. The van der Waals surface area contributed by atoms with Crippen LogP contribution in [-0.2, 0) is 22.3 Å². The van der Waals surface area contributed by atoms with Crippen molar-refractivity contribution in [3.8, 4) is 16.9 Å². The topological polar surface area (TPSA) is 102 Å². The highest BCUT2D eigenvalue weighted by molar-refractivity contribution is 5.71. The van der Waals surface area contributed by atoms with Gasteiger partial charge in [-0.3, -0.25) is 0 Å². The highest BCUT2D eigenvalue weighted by atomic mass is 19.4. The number of halogens is 3. The van der Waals surface area contributed by atoms with E-state index in [9.17, 15) is 22.8 Å². The van der Waals surface area contributed by atoms with Crippen LogP contribution in [0.2, 0.25) is 0 Å². The number of rotatable bonds is 12. The summed E-state index contributed by atoms with van der Waals surface area (Å²) in [7, 11) is 0. The van der Waals surface area contributed by atoms with Gasteiger partial charge in [-0.1, -0.05) is 62.4 Å². The number of hydrogen-bond acceptors (Lipinski definition) is 7. The van der Waals surface area contributed by atoms with Crippen LogP contribution in [0, 0.1) is 5.92 Å². The Bertz CT molecular complexity index is 1840. The summed E-state index contributed by atoms with van der Waals surface area (Å²) in [5.41, 5.74) is 2.14. The van der Waals surface area contributed by atoms with Crippen molar-refractivity contribution < 1.29 is 37.0 Å². The minimum Gasteiger partial charge on any atom is -0.491 e. The minimum absolute atomic E-state index is 0.151. The second-order valence-electron chi connectivity index (χ2n) is 15.0. The van der Waals surface area contributed by atoms with Crippen LogP contribution in [0.1, 0.15) is 76.5 Å². The molecule has 1 aromatic heterocycles. The highest BCUT2D eigenvalue weighted by Crippen LogP contribution is 2.39. The van der Waals surface area contributed by atoms with Crippen LogP contribution < -0.4 is 15.4 Å². The number of carbonyl (C=O) groups is 2. The molecule has 1 aliphatic heterocycles. The summed E-state index contributed by atoms with van der Waals surface area (Å²) in [4.78, 5) is 31.1. The van der Waals surface area contributed by atoms with Gasteiger partial charge < -0.3 is 29.7 Å². The van der Waals surface area contributed by atoms with Gasteiger partial charge in [0.15, 0.2) is 0 Å². The molecular weight excluding hydrogens is 697 g/mol. The number of alkyl halides is 3. The first kappa shape index (κ1) is 39.9. The molecule has 4 aromatic rings. The molecule has 0 unspecified atom stereocenters. The zero-order valence-corrected chi connectivity index (χ0v) is 31.4. The lowest BCUT2D eigenvalue weighted by Crippen LogP contribution is -2.42. The molecule has 288 valence electrons. The predicted octanol–water partition coefficient (Wildman–Crippen LogP) is 10.3.